The lowest BCUT2D eigenvalue weighted by atomic mass is 10.1. The summed E-state index contributed by atoms with van der Waals surface area (Å²) < 4.78 is 0. The molecule has 6 heteroatoms. The van der Waals surface area contributed by atoms with Gasteiger partial charge in [-0.3, -0.25) is 14.6 Å². The molecule has 0 saturated heterocycles. The zero-order valence-corrected chi connectivity index (χ0v) is 12.6. The van der Waals surface area contributed by atoms with Gasteiger partial charge in [0.15, 0.2) is 0 Å². The van der Waals surface area contributed by atoms with E-state index in [-0.39, 0.29) is 18.4 Å². The first-order valence-electron chi connectivity index (χ1n) is 7.26. The number of carbonyl (C=O) groups is 2. The van der Waals surface area contributed by atoms with Crippen molar-refractivity contribution >= 4 is 18.0 Å². The molecule has 0 radical (unpaired) electrons. The van der Waals surface area contributed by atoms with Gasteiger partial charge in [-0.2, -0.15) is 5.10 Å². The average Bonchev–Trinajstić information content (AvgIpc) is 2.60. The molecular formula is C17H18N4O2. The first-order valence-corrected chi connectivity index (χ1v) is 7.26. The number of aryl methyl sites for hydroxylation is 1. The predicted octanol–water partition coefficient (Wildman–Crippen LogP) is 1.28. The van der Waals surface area contributed by atoms with Crippen LogP contribution in [0.1, 0.15) is 17.5 Å². The summed E-state index contributed by atoms with van der Waals surface area (Å²) >= 11 is 0. The SMILES string of the molecule is O=C(CCc1ccccc1)NCC(=O)N/N=C/c1cccnc1. The molecule has 1 aromatic heterocycles. The molecule has 1 heterocycles. The van der Waals surface area contributed by atoms with Crippen LogP contribution >= 0.6 is 0 Å². The van der Waals surface area contributed by atoms with Crippen LogP contribution in [0, 0.1) is 0 Å². The van der Waals surface area contributed by atoms with Gasteiger partial charge < -0.3 is 5.32 Å². The Kier molecular flexibility index (Phi) is 6.46. The third-order valence-electron chi connectivity index (χ3n) is 3.02. The molecule has 0 spiro atoms. The first kappa shape index (κ1) is 16.4. The van der Waals surface area contributed by atoms with Gasteiger partial charge >= 0.3 is 0 Å². The van der Waals surface area contributed by atoms with Crippen molar-refractivity contribution < 1.29 is 9.59 Å². The van der Waals surface area contributed by atoms with E-state index in [4.69, 9.17) is 0 Å². The zero-order chi connectivity index (χ0) is 16.3. The van der Waals surface area contributed by atoms with E-state index in [1.54, 1.807) is 18.5 Å². The highest BCUT2D eigenvalue weighted by molar-refractivity contribution is 5.86. The Hall–Kier alpha value is -3.02. The first-order chi connectivity index (χ1) is 11.2. The van der Waals surface area contributed by atoms with E-state index >= 15 is 0 Å². The minimum Gasteiger partial charge on any atom is -0.347 e. The Balaban J connectivity index is 1.64. The molecule has 0 aliphatic carbocycles. The lowest BCUT2D eigenvalue weighted by molar-refractivity contribution is -0.126. The number of hydrazone groups is 1. The molecule has 118 valence electrons. The number of rotatable bonds is 7. The van der Waals surface area contributed by atoms with E-state index < -0.39 is 0 Å². The summed E-state index contributed by atoms with van der Waals surface area (Å²) in [4.78, 5) is 27.2. The molecule has 2 N–H and O–H groups in total. The number of benzene rings is 1. The van der Waals surface area contributed by atoms with Gasteiger partial charge in [-0.15, -0.1) is 0 Å². The Morgan fingerprint density at radius 1 is 1.09 bits per heavy atom. The maximum Gasteiger partial charge on any atom is 0.259 e. The van der Waals surface area contributed by atoms with E-state index in [0.717, 1.165) is 11.1 Å². The summed E-state index contributed by atoms with van der Waals surface area (Å²) in [6.45, 7) is -0.0992. The molecule has 2 aromatic rings. The van der Waals surface area contributed by atoms with E-state index in [1.807, 2.05) is 36.4 Å². The van der Waals surface area contributed by atoms with Crippen molar-refractivity contribution in [2.45, 2.75) is 12.8 Å². The maximum absolute atomic E-state index is 11.7. The van der Waals surface area contributed by atoms with Crippen LogP contribution in [-0.4, -0.2) is 29.6 Å². The quantitative estimate of drug-likeness (QED) is 0.597. The van der Waals surface area contributed by atoms with Crippen LogP contribution in [0.3, 0.4) is 0 Å². The molecule has 0 bridgehead atoms. The second kappa shape index (κ2) is 9.09. The van der Waals surface area contributed by atoms with Gasteiger partial charge in [0.1, 0.15) is 0 Å². The van der Waals surface area contributed by atoms with Crippen molar-refractivity contribution in [1.82, 2.24) is 15.7 Å². The van der Waals surface area contributed by atoms with Crippen LogP contribution in [0.4, 0.5) is 0 Å². The monoisotopic (exact) mass is 310 g/mol. The van der Waals surface area contributed by atoms with Crippen LogP contribution in [-0.2, 0) is 16.0 Å². The molecule has 2 amide bonds. The third kappa shape index (κ3) is 6.52. The van der Waals surface area contributed by atoms with Gasteiger partial charge in [0, 0.05) is 24.4 Å². The number of hydrogen-bond donors (Lipinski definition) is 2. The van der Waals surface area contributed by atoms with Crippen molar-refractivity contribution in [1.29, 1.82) is 0 Å². The molecule has 23 heavy (non-hydrogen) atoms. The van der Waals surface area contributed by atoms with Crippen molar-refractivity contribution in [3.8, 4) is 0 Å². The molecule has 0 unspecified atom stereocenters. The fourth-order valence-corrected chi connectivity index (χ4v) is 1.84. The molecule has 0 aliphatic rings. The molecule has 0 fully saturated rings. The van der Waals surface area contributed by atoms with Crippen LogP contribution in [0.25, 0.3) is 0 Å². The van der Waals surface area contributed by atoms with Crippen LogP contribution in [0.2, 0.25) is 0 Å². The third-order valence-corrected chi connectivity index (χ3v) is 3.02. The Bertz CT molecular complexity index is 657. The number of nitrogens with one attached hydrogen (secondary N) is 2. The number of hydrogen-bond acceptors (Lipinski definition) is 4. The molecular weight excluding hydrogens is 292 g/mol. The summed E-state index contributed by atoms with van der Waals surface area (Å²) in [5.41, 5.74) is 4.22. The van der Waals surface area contributed by atoms with E-state index in [9.17, 15) is 9.59 Å². The van der Waals surface area contributed by atoms with Gasteiger partial charge in [0.25, 0.3) is 5.91 Å². The Morgan fingerprint density at radius 3 is 2.65 bits per heavy atom. The highest BCUT2D eigenvalue weighted by Crippen LogP contribution is 2.01. The fraction of sp³-hybridized carbons (Fsp3) is 0.176. The summed E-state index contributed by atoms with van der Waals surface area (Å²) in [6.07, 6.45) is 5.76. The lowest BCUT2D eigenvalue weighted by Gasteiger charge is -2.04. The molecule has 0 saturated carbocycles. The normalized spacial score (nSPS) is 10.4. The maximum atomic E-state index is 11.7. The van der Waals surface area contributed by atoms with Gasteiger partial charge in [-0.05, 0) is 18.1 Å². The standard InChI is InChI=1S/C17H18N4O2/c22-16(9-8-14-5-2-1-3-6-14)19-13-17(23)21-20-12-15-7-4-10-18-11-15/h1-7,10-12H,8-9,13H2,(H,19,22)(H,21,23)/b20-12+. The van der Waals surface area contributed by atoms with Gasteiger partial charge in [-0.1, -0.05) is 36.4 Å². The van der Waals surface area contributed by atoms with Crippen LogP contribution in [0.15, 0.2) is 60.0 Å². The second-order valence-corrected chi connectivity index (χ2v) is 4.84. The molecule has 2 rings (SSSR count). The van der Waals surface area contributed by atoms with Crippen LogP contribution in [0.5, 0.6) is 0 Å². The minimum absolute atomic E-state index is 0.0992. The van der Waals surface area contributed by atoms with Crippen molar-refractivity contribution in [2.24, 2.45) is 5.10 Å². The number of amides is 2. The zero-order valence-electron chi connectivity index (χ0n) is 12.6. The lowest BCUT2D eigenvalue weighted by Crippen LogP contribution is -2.35. The van der Waals surface area contributed by atoms with Crippen LogP contribution < -0.4 is 10.7 Å². The van der Waals surface area contributed by atoms with Crippen molar-refractivity contribution in [2.75, 3.05) is 6.54 Å². The summed E-state index contributed by atoms with van der Waals surface area (Å²) in [7, 11) is 0. The Morgan fingerprint density at radius 2 is 1.91 bits per heavy atom. The highest BCUT2D eigenvalue weighted by Gasteiger charge is 2.05. The van der Waals surface area contributed by atoms with Crippen molar-refractivity contribution in [3.05, 3.63) is 66.0 Å². The average molecular weight is 310 g/mol. The number of aromatic nitrogens is 1. The molecule has 0 aliphatic heterocycles. The van der Waals surface area contributed by atoms with Gasteiger partial charge in [0.05, 0.1) is 12.8 Å². The molecule has 1 aromatic carbocycles. The summed E-state index contributed by atoms with van der Waals surface area (Å²) in [6, 6.07) is 13.3. The fourth-order valence-electron chi connectivity index (χ4n) is 1.84. The minimum atomic E-state index is -0.377. The molecule has 0 atom stereocenters. The number of carbonyl (C=O) groups excluding carboxylic acids is 2. The largest absolute Gasteiger partial charge is 0.347 e. The second-order valence-electron chi connectivity index (χ2n) is 4.84. The highest BCUT2D eigenvalue weighted by atomic mass is 16.2. The summed E-state index contributed by atoms with van der Waals surface area (Å²) in [5, 5.41) is 6.36. The van der Waals surface area contributed by atoms with E-state index in [2.05, 4.69) is 20.8 Å². The number of nitrogens with zero attached hydrogens (tertiary/aromatic N) is 2. The Labute approximate surface area is 134 Å². The smallest absolute Gasteiger partial charge is 0.259 e. The number of pyridine rings is 1. The van der Waals surface area contributed by atoms with E-state index in [1.165, 1.54) is 6.21 Å². The molecule has 6 nitrogen and oxygen atoms in total. The van der Waals surface area contributed by atoms with E-state index in [0.29, 0.717) is 12.8 Å². The van der Waals surface area contributed by atoms with Gasteiger partial charge in [0.2, 0.25) is 5.91 Å². The van der Waals surface area contributed by atoms with Gasteiger partial charge in [-0.25, -0.2) is 5.43 Å². The topological polar surface area (TPSA) is 83.5 Å². The summed E-state index contributed by atoms with van der Waals surface area (Å²) in [5.74, 6) is -0.543. The predicted molar refractivity (Wildman–Crippen MR) is 87.7 cm³/mol. The van der Waals surface area contributed by atoms with Crippen molar-refractivity contribution in [3.63, 3.8) is 0 Å².